The Labute approximate surface area is 234 Å². The van der Waals surface area contributed by atoms with Gasteiger partial charge in [0.1, 0.15) is 6.04 Å². The molecule has 37 heavy (non-hydrogen) atoms. The van der Waals surface area contributed by atoms with Gasteiger partial charge in [0.15, 0.2) is 0 Å². The summed E-state index contributed by atoms with van der Waals surface area (Å²) in [4.78, 5) is 28.9. The summed E-state index contributed by atoms with van der Waals surface area (Å²) in [5.41, 5.74) is 3.05. The second-order valence-electron chi connectivity index (χ2n) is 9.08. The minimum absolute atomic E-state index is 0.00845. The van der Waals surface area contributed by atoms with E-state index in [2.05, 4.69) is 17.4 Å². The summed E-state index contributed by atoms with van der Waals surface area (Å²) in [5.74, 6) is 1.29. The predicted octanol–water partition coefficient (Wildman–Crippen LogP) is 7.17. The number of nitrogens with zero attached hydrogens (tertiary/aromatic N) is 1. The second kappa shape index (κ2) is 15.1. The van der Waals surface area contributed by atoms with Crippen LogP contribution in [0.5, 0.6) is 0 Å². The molecule has 3 aromatic carbocycles. The molecule has 0 bridgehead atoms. The van der Waals surface area contributed by atoms with E-state index in [9.17, 15) is 9.59 Å². The van der Waals surface area contributed by atoms with E-state index in [-0.39, 0.29) is 24.4 Å². The van der Waals surface area contributed by atoms with Gasteiger partial charge in [0, 0.05) is 36.9 Å². The van der Waals surface area contributed by atoms with Gasteiger partial charge in [-0.1, -0.05) is 96.9 Å². The molecule has 0 aliphatic carbocycles. The van der Waals surface area contributed by atoms with Crippen LogP contribution in [0.2, 0.25) is 10.0 Å². The zero-order valence-corrected chi connectivity index (χ0v) is 23.7. The lowest BCUT2D eigenvalue weighted by molar-refractivity contribution is -0.141. The fourth-order valence-corrected chi connectivity index (χ4v) is 5.11. The van der Waals surface area contributed by atoms with Gasteiger partial charge in [-0.05, 0) is 42.2 Å². The van der Waals surface area contributed by atoms with Crippen LogP contribution in [0.1, 0.15) is 43.4 Å². The lowest BCUT2D eigenvalue weighted by Gasteiger charge is -2.32. The molecule has 0 fully saturated rings. The Kier molecular flexibility index (Phi) is 11.8. The van der Waals surface area contributed by atoms with Gasteiger partial charge in [0.2, 0.25) is 11.8 Å². The predicted molar refractivity (Wildman–Crippen MR) is 156 cm³/mol. The third-order valence-corrected chi connectivity index (χ3v) is 7.95. The van der Waals surface area contributed by atoms with Crippen molar-refractivity contribution in [2.45, 2.75) is 57.5 Å². The molecule has 0 saturated heterocycles. The minimum atomic E-state index is -0.655. The van der Waals surface area contributed by atoms with Crippen molar-refractivity contribution in [1.82, 2.24) is 10.2 Å². The highest BCUT2D eigenvalue weighted by Crippen LogP contribution is 2.25. The van der Waals surface area contributed by atoms with Crippen LogP contribution in [0.4, 0.5) is 0 Å². The van der Waals surface area contributed by atoms with Gasteiger partial charge < -0.3 is 10.2 Å². The normalized spacial score (nSPS) is 12.5. The summed E-state index contributed by atoms with van der Waals surface area (Å²) in [6, 6.07) is 24.7. The van der Waals surface area contributed by atoms with Crippen LogP contribution in [0.25, 0.3) is 0 Å². The van der Waals surface area contributed by atoms with Crippen molar-refractivity contribution in [2.24, 2.45) is 0 Å². The Hall–Kier alpha value is -2.47. The molecule has 196 valence electrons. The van der Waals surface area contributed by atoms with Crippen molar-refractivity contribution >= 4 is 46.8 Å². The molecule has 3 aromatic rings. The molecule has 0 spiro atoms. The lowest BCUT2D eigenvalue weighted by atomic mass is 10.0. The monoisotopic (exact) mass is 556 g/mol. The Morgan fingerprint density at radius 1 is 0.892 bits per heavy atom. The highest BCUT2D eigenvalue weighted by molar-refractivity contribution is 7.98. The molecule has 0 unspecified atom stereocenters. The number of carbonyl (C=O) groups excluding carboxylic acids is 2. The largest absolute Gasteiger partial charge is 0.352 e. The molecule has 4 nitrogen and oxygen atoms in total. The third-order valence-electron chi connectivity index (χ3n) is 6.18. The first kappa shape index (κ1) is 29.1. The van der Waals surface area contributed by atoms with Crippen LogP contribution in [-0.4, -0.2) is 34.6 Å². The van der Waals surface area contributed by atoms with Crippen LogP contribution in [-0.2, 0) is 28.3 Å². The van der Waals surface area contributed by atoms with Crippen molar-refractivity contribution in [3.8, 4) is 0 Å². The third kappa shape index (κ3) is 9.41. The Morgan fingerprint density at radius 2 is 1.54 bits per heavy atom. The first-order chi connectivity index (χ1) is 17.9. The van der Waals surface area contributed by atoms with Gasteiger partial charge in [0.05, 0.1) is 10.0 Å². The van der Waals surface area contributed by atoms with E-state index in [4.69, 9.17) is 23.2 Å². The van der Waals surface area contributed by atoms with Gasteiger partial charge in [-0.15, -0.1) is 0 Å². The van der Waals surface area contributed by atoms with Crippen molar-refractivity contribution in [2.75, 3.05) is 5.75 Å². The molecule has 0 aromatic heterocycles. The van der Waals surface area contributed by atoms with Crippen molar-refractivity contribution < 1.29 is 9.59 Å². The first-order valence-electron chi connectivity index (χ1n) is 12.6. The number of nitrogens with one attached hydrogen (secondary N) is 1. The molecular formula is C30H34Cl2N2O2S. The molecule has 2 amide bonds. The number of thioether (sulfide) groups is 1. The quantitative estimate of drug-likeness (QED) is 0.227. The number of halogens is 2. The molecule has 0 aliphatic heterocycles. The highest BCUT2D eigenvalue weighted by atomic mass is 35.5. The fourth-order valence-electron chi connectivity index (χ4n) is 3.90. The summed E-state index contributed by atoms with van der Waals surface area (Å²) in [7, 11) is 0. The van der Waals surface area contributed by atoms with Crippen LogP contribution in [0.15, 0.2) is 78.9 Å². The van der Waals surface area contributed by atoms with Crippen LogP contribution < -0.4 is 5.32 Å². The second-order valence-corrected chi connectivity index (χ2v) is 11.0. The van der Waals surface area contributed by atoms with Crippen LogP contribution in [0, 0.1) is 0 Å². The number of hydrogen-bond donors (Lipinski definition) is 1. The topological polar surface area (TPSA) is 49.4 Å². The molecule has 1 N–H and O–H groups in total. The zero-order chi connectivity index (χ0) is 26.6. The Morgan fingerprint density at radius 3 is 2.16 bits per heavy atom. The SMILES string of the molecule is CC[C@H](C)NC(=O)[C@H](Cc1ccccc1)N(Cc1ccc(Cl)c(Cl)c1)C(=O)CCSCc1ccccc1. The summed E-state index contributed by atoms with van der Waals surface area (Å²) in [5, 5.41) is 3.97. The van der Waals surface area contributed by atoms with E-state index >= 15 is 0 Å². The number of benzene rings is 3. The molecule has 3 rings (SSSR count). The van der Waals surface area contributed by atoms with E-state index < -0.39 is 6.04 Å². The zero-order valence-electron chi connectivity index (χ0n) is 21.3. The smallest absolute Gasteiger partial charge is 0.243 e. The number of hydrogen-bond acceptors (Lipinski definition) is 3. The molecule has 7 heteroatoms. The van der Waals surface area contributed by atoms with Crippen LogP contribution in [0.3, 0.4) is 0 Å². The van der Waals surface area contributed by atoms with Crippen molar-refractivity contribution in [1.29, 1.82) is 0 Å². The first-order valence-corrected chi connectivity index (χ1v) is 14.5. The highest BCUT2D eigenvalue weighted by Gasteiger charge is 2.30. The summed E-state index contributed by atoms with van der Waals surface area (Å²) >= 11 is 14.1. The average molecular weight is 558 g/mol. The van der Waals surface area contributed by atoms with Gasteiger partial charge in [-0.3, -0.25) is 9.59 Å². The molecule has 0 radical (unpaired) electrons. The van der Waals surface area contributed by atoms with Crippen molar-refractivity contribution in [3.63, 3.8) is 0 Å². The van der Waals surface area contributed by atoms with Gasteiger partial charge in [-0.25, -0.2) is 0 Å². The van der Waals surface area contributed by atoms with E-state index in [1.165, 1.54) is 5.56 Å². The maximum absolute atomic E-state index is 13.7. The van der Waals surface area contributed by atoms with Crippen LogP contribution >= 0.6 is 35.0 Å². The average Bonchev–Trinajstić information content (AvgIpc) is 2.91. The van der Waals surface area contributed by atoms with Crippen molar-refractivity contribution in [3.05, 3.63) is 106 Å². The number of amides is 2. The standard InChI is InChI=1S/C30H34Cl2N2O2S/c1-3-22(2)33-30(36)28(19-23-10-6-4-7-11-23)34(20-25-14-15-26(31)27(32)18-25)29(35)16-17-37-21-24-12-8-5-9-13-24/h4-15,18,22,28H,3,16-17,19-21H2,1-2H3,(H,33,36)/t22-,28-/m0/s1. The maximum atomic E-state index is 13.7. The van der Waals surface area contributed by atoms with E-state index in [0.717, 1.165) is 23.3 Å². The van der Waals surface area contributed by atoms with E-state index in [1.54, 1.807) is 28.8 Å². The molecular weight excluding hydrogens is 523 g/mol. The summed E-state index contributed by atoms with van der Waals surface area (Å²) in [6.45, 7) is 4.27. The van der Waals surface area contributed by atoms with Gasteiger partial charge in [-0.2, -0.15) is 11.8 Å². The lowest BCUT2D eigenvalue weighted by Crippen LogP contribution is -2.52. The number of carbonyl (C=O) groups is 2. The Bertz CT molecular complexity index is 1140. The summed E-state index contributed by atoms with van der Waals surface area (Å²) < 4.78 is 0. The van der Waals surface area contributed by atoms with Gasteiger partial charge >= 0.3 is 0 Å². The molecule has 0 saturated carbocycles. The van der Waals surface area contributed by atoms with E-state index in [0.29, 0.717) is 28.6 Å². The summed E-state index contributed by atoms with van der Waals surface area (Å²) in [6.07, 6.45) is 1.56. The van der Waals surface area contributed by atoms with E-state index in [1.807, 2.05) is 68.4 Å². The fraction of sp³-hybridized carbons (Fsp3) is 0.333. The minimum Gasteiger partial charge on any atom is -0.352 e. The molecule has 2 atom stereocenters. The molecule has 0 aliphatic rings. The maximum Gasteiger partial charge on any atom is 0.243 e. The molecule has 0 heterocycles. The Balaban J connectivity index is 1.83. The number of rotatable bonds is 13. The van der Waals surface area contributed by atoms with Gasteiger partial charge in [0.25, 0.3) is 0 Å².